The van der Waals surface area contributed by atoms with Crippen molar-refractivity contribution in [2.75, 3.05) is 18.5 Å². The van der Waals surface area contributed by atoms with E-state index < -0.39 is 25.0 Å². The fourth-order valence-corrected chi connectivity index (χ4v) is 4.67. The molecule has 1 aromatic rings. The van der Waals surface area contributed by atoms with Gasteiger partial charge in [0.25, 0.3) is 5.91 Å². The Morgan fingerprint density at radius 1 is 1.04 bits per heavy atom. The number of likely N-dealkylation sites (tertiary alicyclic amines) is 1. The summed E-state index contributed by atoms with van der Waals surface area (Å²) in [5.74, 6) is -1.68. The largest absolute Gasteiger partial charge is 0.454 e. The minimum atomic E-state index is -0.748. The predicted molar refractivity (Wildman–Crippen MR) is 90.6 cm³/mol. The van der Waals surface area contributed by atoms with Crippen LogP contribution in [-0.2, 0) is 23.9 Å². The SMILES string of the molecule is O=C(COC(=O)CN1C(=O)[C@@H]2[C@H]3CC[C@@H](C3)[C@@H]2C1=O)Nc1ccccc1. The zero-order valence-electron chi connectivity index (χ0n) is 14.2. The summed E-state index contributed by atoms with van der Waals surface area (Å²) in [5.41, 5.74) is 0.599. The molecule has 2 aliphatic carbocycles. The third-order valence-electron chi connectivity index (χ3n) is 5.73. The molecule has 7 nitrogen and oxygen atoms in total. The van der Waals surface area contributed by atoms with E-state index in [0.29, 0.717) is 5.69 Å². The number of fused-ring (bicyclic) bond motifs is 5. The maximum absolute atomic E-state index is 12.5. The number of para-hydroxylation sites is 1. The number of carbonyl (C=O) groups is 4. The summed E-state index contributed by atoms with van der Waals surface area (Å²) in [7, 11) is 0. The second kappa shape index (κ2) is 6.55. The zero-order valence-corrected chi connectivity index (χ0v) is 14.2. The molecule has 0 aromatic heterocycles. The van der Waals surface area contributed by atoms with Crippen LogP contribution in [0.1, 0.15) is 19.3 Å². The lowest BCUT2D eigenvalue weighted by molar-refractivity contribution is -0.154. The van der Waals surface area contributed by atoms with Gasteiger partial charge in [-0.05, 0) is 43.2 Å². The van der Waals surface area contributed by atoms with Crippen molar-refractivity contribution in [3.05, 3.63) is 30.3 Å². The molecule has 0 radical (unpaired) electrons. The summed E-state index contributed by atoms with van der Waals surface area (Å²) in [6.07, 6.45) is 2.93. The topological polar surface area (TPSA) is 92.8 Å². The highest BCUT2D eigenvalue weighted by atomic mass is 16.5. The number of nitrogens with zero attached hydrogens (tertiary/aromatic N) is 1. The van der Waals surface area contributed by atoms with Gasteiger partial charge in [0, 0.05) is 5.69 Å². The summed E-state index contributed by atoms with van der Waals surface area (Å²) in [6, 6.07) is 8.80. The van der Waals surface area contributed by atoms with Crippen LogP contribution in [0.15, 0.2) is 30.3 Å². The van der Waals surface area contributed by atoms with Gasteiger partial charge in [-0.2, -0.15) is 0 Å². The van der Waals surface area contributed by atoms with Gasteiger partial charge in [-0.25, -0.2) is 0 Å². The lowest BCUT2D eigenvalue weighted by atomic mass is 9.81. The highest BCUT2D eigenvalue weighted by Crippen LogP contribution is 2.56. The monoisotopic (exact) mass is 356 g/mol. The number of amides is 3. The molecule has 7 heteroatoms. The molecule has 4 rings (SSSR count). The minimum Gasteiger partial charge on any atom is -0.454 e. The number of benzene rings is 1. The average Bonchev–Trinajstić information content (AvgIpc) is 3.31. The molecule has 1 saturated heterocycles. The van der Waals surface area contributed by atoms with Crippen molar-refractivity contribution in [2.45, 2.75) is 19.3 Å². The van der Waals surface area contributed by atoms with Gasteiger partial charge < -0.3 is 10.1 Å². The Labute approximate surface area is 150 Å². The van der Waals surface area contributed by atoms with E-state index in [1.165, 1.54) is 0 Å². The molecule has 1 heterocycles. The third-order valence-corrected chi connectivity index (χ3v) is 5.73. The van der Waals surface area contributed by atoms with E-state index in [-0.39, 0.29) is 35.5 Å². The molecule has 0 spiro atoms. The highest BCUT2D eigenvalue weighted by molar-refractivity contribution is 6.07. The summed E-state index contributed by atoms with van der Waals surface area (Å²) >= 11 is 0. The van der Waals surface area contributed by atoms with Crippen LogP contribution in [0.2, 0.25) is 0 Å². The van der Waals surface area contributed by atoms with Crippen LogP contribution < -0.4 is 5.32 Å². The molecular weight excluding hydrogens is 336 g/mol. The number of hydrogen-bond acceptors (Lipinski definition) is 5. The predicted octanol–water partition coefficient (Wildman–Crippen LogP) is 1.20. The first-order valence-electron chi connectivity index (χ1n) is 8.90. The standard InChI is InChI=1S/C19H20N2O5/c22-14(20-13-4-2-1-3-5-13)10-26-15(23)9-21-18(24)16-11-6-7-12(8-11)17(16)19(21)25/h1-5,11-12,16-17H,6-10H2,(H,20,22)/t11-,12-,16-,17+/m0/s1. The van der Waals surface area contributed by atoms with Gasteiger partial charge in [-0.15, -0.1) is 0 Å². The number of ether oxygens (including phenoxy) is 1. The third kappa shape index (κ3) is 2.87. The summed E-state index contributed by atoms with van der Waals surface area (Å²) in [6.45, 7) is -0.870. The Bertz CT molecular complexity index is 734. The molecule has 3 fully saturated rings. The smallest absolute Gasteiger partial charge is 0.326 e. The van der Waals surface area contributed by atoms with E-state index in [4.69, 9.17) is 4.74 Å². The minimum absolute atomic E-state index is 0.252. The van der Waals surface area contributed by atoms with Gasteiger partial charge in [0.05, 0.1) is 11.8 Å². The number of hydrogen-bond donors (Lipinski definition) is 1. The molecule has 26 heavy (non-hydrogen) atoms. The molecule has 0 unspecified atom stereocenters. The van der Waals surface area contributed by atoms with Gasteiger partial charge in [0.15, 0.2) is 6.61 Å². The van der Waals surface area contributed by atoms with Crippen LogP contribution in [-0.4, -0.2) is 41.7 Å². The van der Waals surface area contributed by atoms with Crippen molar-refractivity contribution in [3.8, 4) is 0 Å². The van der Waals surface area contributed by atoms with Crippen molar-refractivity contribution >= 4 is 29.4 Å². The fraction of sp³-hybridized carbons (Fsp3) is 0.474. The Morgan fingerprint density at radius 3 is 2.27 bits per heavy atom. The van der Waals surface area contributed by atoms with Crippen molar-refractivity contribution in [1.29, 1.82) is 0 Å². The molecule has 4 atom stereocenters. The molecule has 3 amide bonds. The Morgan fingerprint density at radius 2 is 1.65 bits per heavy atom. The van der Waals surface area contributed by atoms with Crippen LogP contribution >= 0.6 is 0 Å². The molecule has 1 N–H and O–H groups in total. The number of rotatable bonds is 5. The Balaban J connectivity index is 1.29. The molecule has 136 valence electrons. The van der Waals surface area contributed by atoms with Crippen molar-refractivity contribution in [1.82, 2.24) is 4.90 Å². The van der Waals surface area contributed by atoms with E-state index in [0.717, 1.165) is 24.2 Å². The number of esters is 1. The van der Waals surface area contributed by atoms with E-state index in [9.17, 15) is 19.2 Å². The zero-order chi connectivity index (χ0) is 18.3. The molecule has 1 aliphatic heterocycles. The number of imide groups is 1. The highest BCUT2D eigenvalue weighted by Gasteiger charge is 2.61. The fourth-order valence-electron chi connectivity index (χ4n) is 4.67. The molecular formula is C19H20N2O5. The number of carbonyl (C=O) groups excluding carboxylic acids is 4. The van der Waals surface area contributed by atoms with Gasteiger partial charge in [-0.1, -0.05) is 18.2 Å². The molecule has 3 aliphatic rings. The van der Waals surface area contributed by atoms with Gasteiger partial charge in [0.2, 0.25) is 11.8 Å². The lowest BCUT2D eigenvalue weighted by Crippen LogP contribution is -2.38. The summed E-state index contributed by atoms with van der Waals surface area (Å²) in [5, 5.41) is 2.60. The van der Waals surface area contributed by atoms with Crippen LogP contribution in [0.25, 0.3) is 0 Å². The maximum Gasteiger partial charge on any atom is 0.326 e. The Hall–Kier alpha value is -2.70. The second-order valence-corrected chi connectivity index (χ2v) is 7.22. The van der Waals surface area contributed by atoms with E-state index >= 15 is 0 Å². The van der Waals surface area contributed by atoms with Crippen LogP contribution in [0, 0.1) is 23.7 Å². The lowest BCUT2D eigenvalue weighted by Gasteiger charge is -2.19. The van der Waals surface area contributed by atoms with Crippen molar-refractivity contribution in [2.24, 2.45) is 23.7 Å². The summed E-state index contributed by atoms with van der Waals surface area (Å²) < 4.78 is 4.93. The van der Waals surface area contributed by atoms with E-state index in [2.05, 4.69) is 5.32 Å². The van der Waals surface area contributed by atoms with Crippen LogP contribution in [0.3, 0.4) is 0 Å². The first kappa shape index (κ1) is 16.8. The average molecular weight is 356 g/mol. The molecule has 2 bridgehead atoms. The normalized spacial score (nSPS) is 29.0. The van der Waals surface area contributed by atoms with Gasteiger partial charge in [-0.3, -0.25) is 24.1 Å². The van der Waals surface area contributed by atoms with E-state index in [1.54, 1.807) is 24.3 Å². The molecule has 2 saturated carbocycles. The number of nitrogens with one attached hydrogen (secondary N) is 1. The Kier molecular flexibility index (Phi) is 4.22. The maximum atomic E-state index is 12.5. The first-order valence-corrected chi connectivity index (χ1v) is 8.90. The van der Waals surface area contributed by atoms with Crippen LogP contribution in [0.4, 0.5) is 5.69 Å². The van der Waals surface area contributed by atoms with Crippen molar-refractivity contribution < 1.29 is 23.9 Å². The second-order valence-electron chi connectivity index (χ2n) is 7.22. The van der Waals surface area contributed by atoms with Crippen molar-refractivity contribution in [3.63, 3.8) is 0 Å². The van der Waals surface area contributed by atoms with E-state index in [1.807, 2.05) is 6.07 Å². The molecule has 1 aromatic carbocycles. The number of anilines is 1. The van der Waals surface area contributed by atoms with Gasteiger partial charge in [0.1, 0.15) is 6.54 Å². The quantitative estimate of drug-likeness (QED) is 0.632. The van der Waals surface area contributed by atoms with Gasteiger partial charge >= 0.3 is 5.97 Å². The summed E-state index contributed by atoms with van der Waals surface area (Å²) in [4.78, 5) is 49.9. The van der Waals surface area contributed by atoms with Crippen LogP contribution in [0.5, 0.6) is 0 Å². The first-order chi connectivity index (χ1) is 12.5.